The Labute approximate surface area is 119 Å². The van der Waals surface area contributed by atoms with E-state index in [0.717, 1.165) is 38.4 Å². The largest absolute Gasteiger partial charge is 0.378 e. The summed E-state index contributed by atoms with van der Waals surface area (Å²) in [4.78, 5) is 0. The van der Waals surface area contributed by atoms with Crippen molar-refractivity contribution in [3.8, 4) is 0 Å². The summed E-state index contributed by atoms with van der Waals surface area (Å²) >= 11 is 0. The average molecular weight is 283 g/mol. The van der Waals surface area contributed by atoms with Gasteiger partial charge >= 0.3 is 0 Å². The van der Waals surface area contributed by atoms with Crippen LogP contribution in [0.3, 0.4) is 0 Å². The van der Waals surface area contributed by atoms with Crippen LogP contribution in [0.2, 0.25) is 0 Å². The lowest BCUT2D eigenvalue weighted by atomic mass is 9.96. The second kappa shape index (κ2) is 7.14. The molecule has 112 valence electrons. The number of benzene rings is 1. The van der Waals surface area contributed by atoms with Gasteiger partial charge in [-0.25, -0.2) is 8.78 Å². The first-order valence-corrected chi connectivity index (χ1v) is 7.36. The minimum absolute atomic E-state index is 0.0974. The molecule has 1 heterocycles. The molecule has 0 aromatic heterocycles. The Morgan fingerprint density at radius 1 is 1.30 bits per heavy atom. The standard InChI is InChI=1S/C16H23F2NO/c1-11-9-13(15(18)10-14(11)17)16(19-2)7-6-12-5-3-4-8-20-12/h9-10,12,16,19H,3-8H2,1-2H3. The normalized spacial score (nSPS) is 20.9. The van der Waals surface area contributed by atoms with Crippen molar-refractivity contribution in [1.29, 1.82) is 0 Å². The van der Waals surface area contributed by atoms with Crippen molar-refractivity contribution >= 4 is 0 Å². The second-order valence-corrected chi connectivity index (χ2v) is 5.53. The molecular formula is C16H23F2NO. The van der Waals surface area contributed by atoms with Crippen LogP contribution in [0.5, 0.6) is 0 Å². The van der Waals surface area contributed by atoms with Crippen LogP contribution >= 0.6 is 0 Å². The molecular weight excluding hydrogens is 260 g/mol. The quantitative estimate of drug-likeness (QED) is 0.885. The fourth-order valence-electron chi connectivity index (χ4n) is 2.79. The SMILES string of the molecule is CNC(CCC1CCCCO1)c1cc(C)c(F)cc1F. The first-order chi connectivity index (χ1) is 9.61. The molecule has 0 spiro atoms. The van der Waals surface area contributed by atoms with E-state index in [1.54, 1.807) is 13.0 Å². The third-order valence-electron chi connectivity index (χ3n) is 4.05. The Bertz CT molecular complexity index is 444. The fourth-order valence-corrected chi connectivity index (χ4v) is 2.79. The summed E-state index contributed by atoms with van der Waals surface area (Å²) in [5.41, 5.74) is 1.03. The fraction of sp³-hybridized carbons (Fsp3) is 0.625. The van der Waals surface area contributed by atoms with Gasteiger partial charge in [-0.3, -0.25) is 0 Å². The lowest BCUT2D eigenvalue weighted by molar-refractivity contribution is 0.00860. The van der Waals surface area contributed by atoms with E-state index in [-0.39, 0.29) is 12.1 Å². The molecule has 2 atom stereocenters. The molecule has 0 aliphatic carbocycles. The number of halogens is 2. The summed E-state index contributed by atoms with van der Waals surface area (Å²) < 4.78 is 32.9. The van der Waals surface area contributed by atoms with Crippen molar-refractivity contribution in [3.63, 3.8) is 0 Å². The first-order valence-electron chi connectivity index (χ1n) is 7.36. The van der Waals surface area contributed by atoms with Crippen LogP contribution in [0.4, 0.5) is 8.78 Å². The molecule has 4 heteroatoms. The summed E-state index contributed by atoms with van der Waals surface area (Å²) in [6.45, 7) is 2.49. The maximum atomic E-state index is 13.9. The Morgan fingerprint density at radius 3 is 2.75 bits per heavy atom. The van der Waals surface area contributed by atoms with Crippen LogP contribution in [-0.2, 0) is 4.74 Å². The van der Waals surface area contributed by atoms with Crippen LogP contribution in [0, 0.1) is 18.6 Å². The van der Waals surface area contributed by atoms with Crippen LogP contribution in [0.15, 0.2) is 12.1 Å². The summed E-state index contributed by atoms with van der Waals surface area (Å²) in [6, 6.07) is 2.49. The van der Waals surface area contributed by atoms with E-state index in [4.69, 9.17) is 4.74 Å². The molecule has 0 amide bonds. The topological polar surface area (TPSA) is 21.3 Å². The van der Waals surface area contributed by atoms with Crippen LogP contribution in [0.1, 0.15) is 49.3 Å². The van der Waals surface area contributed by atoms with Crippen LogP contribution in [0.25, 0.3) is 0 Å². The molecule has 20 heavy (non-hydrogen) atoms. The molecule has 1 aromatic carbocycles. The van der Waals surface area contributed by atoms with Gasteiger partial charge in [-0.05, 0) is 57.7 Å². The highest BCUT2D eigenvalue weighted by Crippen LogP contribution is 2.26. The Kier molecular flexibility index (Phi) is 5.49. The van der Waals surface area contributed by atoms with Gasteiger partial charge in [0.15, 0.2) is 0 Å². The van der Waals surface area contributed by atoms with Crippen molar-refractivity contribution in [3.05, 3.63) is 34.9 Å². The highest BCUT2D eigenvalue weighted by atomic mass is 19.1. The summed E-state index contributed by atoms with van der Waals surface area (Å²) in [6.07, 6.45) is 5.41. The van der Waals surface area contributed by atoms with Gasteiger partial charge in [0.05, 0.1) is 6.10 Å². The molecule has 0 radical (unpaired) electrons. The molecule has 1 aliphatic rings. The molecule has 2 rings (SSSR count). The van der Waals surface area contributed by atoms with Gasteiger partial charge < -0.3 is 10.1 Å². The van der Waals surface area contributed by atoms with Crippen molar-refractivity contribution in [2.75, 3.05) is 13.7 Å². The van der Waals surface area contributed by atoms with E-state index < -0.39 is 11.6 Å². The van der Waals surface area contributed by atoms with E-state index in [0.29, 0.717) is 11.1 Å². The molecule has 1 fully saturated rings. The lowest BCUT2D eigenvalue weighted by Crippen LogP contribution is -2.23. The van der Waals surface area contributed by atoms with Gasteiger partial charge in [0.25, 0.3) is 0 Å². The predicted molar refractivity (Wildman–Crippen MR) is 75.7 cm³/mol. The molecule has 1 N–H and O–H groups in total. The molecule has 2 unspecified atom stereocenters. The Balaban J connectivity index is 2.02. The highest BCUT2D eigenvalue weighted by Gasteiger charge is 2.20. The van der Waals surface area contributed by atoms with Crippen molar-refractivity contribution in [2.45, 2.75) is 51.2 Å². The van der Waals surface area contributed by atoms with Gasteiger partial charge in [0, 0.05) is 24.3 Å². The monoisotopic (exact) mass is 283 g/mol. The van der Waals surface area contributed by atoms with Crippen LogP contribution in [-0.4, -0.2) is 19.8 Å². The van der Waals surface area contributed by atoms with E-state index in [1.807, 2.05) is 7.05 Å². The van der Waals surface area contributed by atoms with E-state index in [9.17, 15) is 8.78 Å². The van der Waals surface area contributed by atoms with Crippen LogP contribution < -0.4 is 5.32 Å². The molecule has 0 bridgehead atoms. The van der Waals surface area contributed by atoms with Crippen molar-refractivity contribution in [2.24, 2.45) is 0 Å². The number of nitrogens with one attached hydrogen (secondary N) is 1. The van der Waals surface area contributed by atoms with Gasteiger partial charge in [-0.1, -0.05) is 0 Å². The first kappa shape index (κ1) is 15.4. The minimum atomic E-state index is -0.489. The molecule has 1 saturated heterocycles. The van der Waals surface area contributed by atoms with E-state index >= 15 is 0 Å². The number of rotatable bonds is 5. The Hall–Kier alpha value is -1.00. The van der Waals surface area contributed by atoms with Gasteiger partial charge in [0.2, 0.25) is 0 Å². The predicted octanol–water partition coefficient (Wildman–Crippen LogP) is 3.88. The third-order valence-corrected chi connectivity index (χ3v) is 4.05. The molecule has 2 nitrogen and oxygen atoms in total. The summed E-state index contributed by atoms with van der Waals surface area (Å²) in [5.74, 6) is -0.964. The number of hydrogen-bond donors (Lipinski definition) is 1. The van der Waals surface area contributed by atoms with E-state index in [2.05, 4.69) is 5.32 Å². The zero-order chi connectivity index (χ0) is 14.5. The Morgan fingerprint density at radius 2 is 2.10 bits per heavy atom. The zero-order valence-corrected chi connectivity index (χ0v) is 12.2. The van der Waals surface area contributed by atoms with Crippen molar-refractivity contribution in [1.82, 2.24) is 5.32 Å². The summed E-state index contributed by atoms with van der Waals surface area (Å²) in [5, 5.41) is 3.13. The molecule has 0 saturated carbocycles. The molecule has 1 aromatic rings. The maximum Gasteiger partial charge on any atom is 0.130 e. The van der Waals surface area contributed by atoms with Gasteiger partial charge in [-0.15, -0.1) is 0 Å². The lowest BCUT2D eigenvalue weighted by Gasteiger charge is -2.25. The highest BCUT2D eigenvalue weighted by molar-refractivity contribution is 5.28. The minimum Gasteiger partial charge on any atom is -0.378 e. The smallest absolute Gasteiger partial charge is 0.130 e. The second-order valence-electron chi connectivity index (χ2n) is 5.53. The average Bonchev–Trinajstić information content (AvgIpc) is 2.46. The van der Waals surface area contributed by atoms with Gasteiger partial charge in [0.1, 0.15) is 11.6 Å². The summed E-state index contributed by atoms with van der Waals surface area (Å²) in [7, 11) is 1.81. The number of hydrogen-bond acceptors (Lipinski definition) is 2. The van der Waals surface area contributed by atoms with Crippen molar-refractivity contribution < 1.29 is 13.5 Å². The molecule has 1 aliphatic heterocycles. The zero-order valence-electron chi connectivity index (χ0n) is 12.2. The van der Waals surface area contributed by atoms with E-state index in [1.165, 1.54) is 6.42 Å². The van der Waals surface area contributed by atoms with Gasteiger partial charge in [-0.2, -0.15) is 0 Å². The number of aryl methyl sites for hydroxylation is 1. The number of ether oxygens (including phenoxy) is 1. The maximum absolute atomic E-state index is 13.9. The third kappa shape index (κ3) is 3.76.